The van der Waals surface area contributed by atoms with E-state index in [-0.39, 0.29) is 18.2 Å². The fraction of sp³-hybridized carbons (Fsp3) is 0.214. The molecule has 4 aromatic rings. The van der Waals surface area contributed by atoms with Gasteiger partial charge in [-0.15, -0.1) is 0 Å². The molecule has 2 atom stereocenters. The van der Waals surface area contributed by atoms with Gasteiger partial charge in [0.15, 0.2) is 0 Å². The molecule has 176 valence electrons. The number of carbonyl (C=O) groups is 2. The quantitative estimate of drug-likeness (QED) is 0.413. The maximum absolute atomic E-state index is 12.8. The number of aromatic nitrogens is 1. The Morgan fingerprint density at radius 2 is 1.86 bits per heavy atom. The summed E-state index contributed by atoms with van der Waals surface area (Å²) in [7, 11) is 2.00. The Morgan fingerprint density at radius 3 is 2.63 bits per heavy atom. The van der Waals surface area contributed by atoms with Gasteiger partial charge < -0.3 is 19.9 Å². The first-order valence-corrected chi connectivity index (χ1v) is 11.8. The summed E-state index contributed by atoms with van der Waals surface area (Å²) in [4.78, 5) is 25.9. The van der Waals surface area contributed by atoms with Crippen molar-refractivity contribution >= 4 is 34.6 Å². The highest BCUT2D eigenvalue weighted by molar-refractivity contribution is 5.98. The summed E-state index contributed by atoms with van der Waals surface area (Å²) < 4.78 is 8.69. The van der Waals surface area contributed by atoms with Gasteiger partial charge in [0.2, 0.25) is 18.5 Å². The molecule has 2 amide bonds. The number of hydrogen-bond donors (Lipinski definition) is 2. The fourth-order valence-corrected chi connectivity index (χ4v) is 5.24. The zero-order chi connectivity index (χ0) is 23.9. The van der Waals surface area contributed by atoms with Crippen LogP contribution in [-0.2, 0) is 9.59 Å². The number of likely N-dealkylation sites (tertiary alicyclic amines) is 1. The van der Waals surface area contributed by atoms with Gasteiger partial charge in [0.1, 0.15) is 5.75 Å². The molecule has 2 aliphatic rings. The lowest BCUT2D eigenvalue weighted by Gasteiger charge is -2.30. The lowest BCUT2D eigenvalue weighted by atomic mass is 10.1. The van der Waals surface area contributed by atoms with E-state index in [1.165, 1.54) is 0 Å². The van der Waals surface area contributed by atoms with E-state index < -0.39 is 0 Å². The minimum absolute atomic E-state index is 0.0411. The largest absolute Gasteiger partial charge is 0.465 e. The number of nitrogens with zero attached hydrogens (tertiary/aromatic N) is 2. The van der Waals surface area contributed by atoms with Crippen LogP contribution in [0.2, 0.25) is 0 Å². The lowest BCUT2D eigenvalue weighted by Crippen LogP contribution is -2.37. The molecule has 1 fully saturated rings. The number of rotatable bonds is 5. The number of nitrogens with one attached hydrogen (secondary N) is 2. The van der Waals surface area contributed by atoms with Gasteiger partial charge >= 0.3 is 0 Å². The van der Waals surface area contributed by atoms with Crippen LogP contribution in [0.4, 0.5) is 11.4 Å². The van der Waals surface area contributed by atoms with Crippen LogP contribution in [0.25, 0.3) is 22.2 Å². The summed E-state index contributed by atoms with van der Waals surface area (Å²) in [5, 5.41) is 6.83. The Morgan fingerprint density at radius 1 is 1.03 bits per heavy atom. The molecule has 0 aliphatic carbocycles. The van der Waals surface area contributed by atoms with Gasteiger partial charge in [-0.25, -0.2) is 0 Å². The first-order valence-electron chi connectivity index (χ1n) is 11.8. The highest BCUT2D eigenvalue weighted by atomic mass is 16.5. The molecule has 6 rings (SSSR count). The van der Waals surface area contributed by atoms with E-state index in [0.717, 1.165) is 52.8 Å². The molecule has 3 aromatic carbocycles. The molecular formula is C28H26N4O3. The van der Waals surface area contributed by atoms with Gasteiger partial charge in [-0.2, -0.15) is 0 Å². The molecule has 7 heteroatoms. The summed E-state index contributed by atoms with van der Waals surface area (Å²) in [6, 6.07) is 23.8. The van der Waals surface area contributed by atoms with Crippen molar-refractivity contribution in [3.8, 4) is 17.0 Å². The average Bonchev–Trinajstić information content (AvgIpc) is 3.47. The van der Waals surface area contributed by atoms with E-state index in [0.29, 0.717) is 17.8 Å². The van der Waals surface area contributed by atoms with Crippen molar-refractivity contribution in [2.75, 3.05) is 24.2 Å². The standard InChI is InChI=1S/C28H26N4O3/c1-31-13-5-8-24(31)27(34)30-21-10-12-23-19(14-21)15-25-22-11-9-20(29-17-33)16-26(22)35-28(32(23)25)18-6-3-2-4-7-18/h2-4,6-7,9-12,14-17,24,28H,5,8,13H2,1H3,(H,29,33)(H,30,34). The molecule has 2 unspecified atom stereocenters. The third-order valence-corrected chi connectivity index (χ3v) is 6.97. The second-order valence-electron chi connectivity index (χ2n) is 9.16. The topological polar surface area (TPSA) is 75.6 Å². The first-order chi connectivity index (χ1) is 17.1. The molecule has 7 nitrogen and oxygen atoms in total. The second kappa shape index (κ2) is 8.60. The van der Waals surface area contributed by atoms with Crippen LogP contribution in [0.1, 0.15) is 24.6 Å². The first kappa shape index (κ1) is 21.4. The number of anilines is 2. The van der Waals surface area contributed by atoms with E-state index in [4.69, 9.17) is 4.74 Å². The van der Waals surface area contributed by atoms with Crippen LogP contribution in [0.5, 0.6) is 5.75 Å². The van der Waals surface area contributed by atoms with Crippen molar-refractivity contribution < 1.29 is 14.3 Å². The summed E-state index contributed by atoms with van der Waals surface area (Å²) in [6.07, 6.45) is 2.23. The Kier molecular flexibility index (Phi) is 5.26. The van der Waals surface area contributed by atoms with Crippen LogP contribution in [0, 0.1) is 0 Å². The Bertz CT molecular complexity index is 1430. The van der Waals surface area contributed by atoms with Gasteiger partial charge in [0, 0.05) is 34.0 Å². The molecule has 1 aromatic heterocycles. The highest BCUT2D eigenvalue weighted by Gasteiger charge is 2.30. The van der Waals surface area contributed by atoms with Crippen LogP contribution >= 0.6 is 0 Å². The van der Waals surface area contributed by atoms with Crippen LogP contribution in [0.3, 0.4) is 0 Å². The second-order valence-corrected chi connectivity index (χ2v) is 9.16. The van der Waals surface area contributed by atoms with E-state index in [2.05, 4.69) is 26.2 Å². The Hall–Kier alpha value is -4.10. The molecule has 1 saturated heterocycles. The Labute approximate surface area is 203 Å². The maximum Gasteiger partial charge on any atom is 0.241 e. The van der Waals surface area contributed by atoms with Crippen molar-refractivity contribution in [1.29, 1.82) is 0 Å². The minimum atomic E-state index is -0.365. The van der Waals surface area contributed by atoms with E-state index in [1.807, 2.05) is 73.8 Å². The van der Waals surface area contributed by atoms with Crippen molar-refractivity contribution in [3.05, 3.63) is 78.4 Å². The molecule has 0 radical (unpaired) electrons. The molecule has 0 bridgehead atoms. The van der Waals surface area contributed by atoms with Crippen molar-refractivity contribution in [2.24, 2.45) is 0 Å². The molecular weight excluding hydrogens is 440 g/mol. The van der Waals surface area contributed by atoms with Crippen molar-refractivity contribution in [3.63, 3.8) is 0 Å². The van der Waals surface area contributed by atoms with Crippen LogP contribution in [0.15, 0.2) is 72.8 Å². The summed E-state index contributed by atoms with van der Waals surface area (Å²) in [5.74, 6) is 0.748. The SMILES string of the molecule is CN1CCCC1C(=O)Nc1ccc2c(c1)cc1n2C(c2ccccc2)Oc2cc(NC=O)ccc2-1. The number of carbonyl (C=O) groups excluding carboxylic acids is 2. The number of amides is 2. The van der Waals surface area contributed by atoms with E-state index >= 15 is 0 Å². The van der Waals surface area contributed by atoms with Gasteiger partial charge in [-0.1, -0.05) is 30.3 Å². The predicted molar refractivity (Wildman–Crippen MR) is 137 cm³/mol. The number of likely N-dealkylation sites (N-methyl/N-ethyl adjacent to an activating group) is 1. The van der Waals surface area contributed by atoms with Crippen LogP contribution < -0.4 is 15.4 Å². The third-order valence-electron chi connectivity index (χ3n) is 6.97. The van der Waals surface area contributed by atoms with Gasteiger partial charge in [0.25, 0.3) is 0 Å². The number of fused-ring (bicyclic) bond motifs is 5. The highest BCUT2D eigenvalue weighted by Crippen LogP contribution is 2.45. The fourth-order valence-electron chi connectivity index (χ4n) is 5.24. The predicted octanol–water partition coefficient (Wildman–Crippen LogP) is 4.85. The molecule has 3 heterocycles. The molecule has 35 heavy (non-hydrogen) atoms. The molecule has 2 aliphatic heterocycles. The molecule has 0 spiro atoms. The third kappa shape index (κ3) is 3.74. The zero-order valence-corrected chi connectivity index (χ0v) is 19.4. The average molecular weight is 467 g/mol. The molecule has 0 saturated carbocycles. The smallest absolute Gasteiger partial charge is 0.241 e. The van der Waals surface area contributed by atoms with E-state index in [1.54, 1.807) is 0 Å². The summed E-state index contributed by atoms with van der Waals surface area (Å²) in [5.41, 5.74) is 5.47. The van der Waals surface area contributed by atoms with E-state index in [9.17, 15) is 9.59 Å². The minimum Gasteiger partial charge on any atom is -0.465 e. The Balaban J connectivity index is 1.44. The van der Waals surface area contributed by atoms with Gasteiger partial charge in [0.05, 0.1) is 17.3 Å². The van der Waals surface area contributed by atoms with Gasteiger partial charge in [-0.3, -0.25) is 14.5 Å². The van der Waals surface area contributed by atoms with Crippen molar-refractivity contribution in [2.45, 2.75) is 25.1 Å². The number of benzene rings is 3. The van der Waals surface area contributed by atoms with Crippen molar-refractivity contribution in [1.82, 2.24) is 9.47 Å². The summed E-state index contributed by atoms with van der Waals surface area (Å²) in [6.45, 7) is 0.952. The monoisotopic (exact) mass is 466 g/mol. The molecule has 2 N–H and O–H groups in total. The lowest BCUT2D eigenvalue weighted by molar-refractivity contribution is -0.120. The maximum atomic E-state index is 12.8. The number of ether oxygens (including phenoxy) is 1. The van der Waals surface area contributed by atoms with Gasteiger partial charge in [-0.05, 0) is 62.8 Å². The normalized spacial score (nSPS) is 19.0. The summed E-state index contributed by atoms with van der Waals surface area (Å²) >= 11 is 0. The number of hydrogen-bond acceptors (Lipinski definition) is 4. The zero-order valence-electron chi connectivity index (χ0n) is 19.4. The van der Waals surface area contributed by atoms with Crippen LogP contribution in [-0.4, -0.2) is 41.4 Å².